The van der Waals surface area contributed by atoms with E-state index in [1.165, 1.54) is 25.8 Å². The lowest BCUT2D eigenvalue weighted by Crippen LogP contribution is -2.44. The van der Waals surface area contributed by atoms with E-state index in [1.54, 1.807) is 0 Å². The van der Waals surface area contributed by atoms with Crippen LogP contribution >= 0.6 is 0 Å². The molecule has 1 aliphatic carbocycles. The normalized spacial score (nSPS) is 18.8. The van der Waals surface area contributed by atoms with E-state index >= 15 is 0 Å². The number of hydrogen-bond donors (Lipinski definition) is 1. The van der Waals surface area contributed by atoms with Crippen LogP contribution in [0.2, 0.25) is 0 Å². The molecule has 0 saturated heterocycles. The smallest absolute Gasteiger partial charge is 0.0240 e. The van der Waals surface area contributed by atoms with Crippen molar-refractivity contribution in [3.8, 4) is 0 Å². The van der Waals surface area contributed by atoms with Gasteiger partial charge < -0.3 is 10.2 Å². The first kappa shape index (κ1) is 14.0. The molecule has 0 heterocycles. The van der Waals surface area contributed by atoms with Crippen molar-refractivity contribution in [2.24, 2.45) is 11.8 Å². The highest BCUT2D eigenvalue weighted by Gasteiger charge is 2.24. The summed E-state index contributed by atoms with van der Waals surface area (Å²) in [6.07, 6.45) is 4.09. The van der Waals surface area contributed by atoms with Gasteiger partial charge in [0, 0.05) is 18.6 Å². The van der Waals surface area contributed by atoms with E-state index in [0.717, 1.165) is 24.4 Å². The first-order valence-electron chi connectivity index (χ1n) is 6.94. The molecule has 16 heavy (non-hydrogen) atoms. The van der Waals surface area contributed by atoms with E-state index in [9.17, 15) is 0 Å². The highest BCUT2D eigenvalue weighted by atomic mass is 15.2. The summed E-state index contributed by atoms with van der Waals surface area (Å²) in [4.78, 5) is 2.54. The van der Waals surface area contributed by atoms with Crippen molar-refractivity contribution in [3.05, 3.63) is 0 Å². The van der Waals surface area contributed by atoms with Crippen molar-refractivity contribution in [2.75, 3.05) is 20.1 Å². The maximum atomic E-state index is 3.66. The standard InChI is InChI=1S/C14H30N2/c1-11(2)8-9-16(5)14(12(3)4)10-15-13-6-7-13/h11-15H,6-10H2,1-5H3. The SMILES string of the molecule is CC(C)CCN(C)C(CNC1CC1)C(C)C. The van der Waals surface area contributed by atoms with Crippen LogP contribution in [0.5, 0.6) is 0 Å². The summed E-state index contributed by atoms with van der Waals surface area (Å²) in [7, 11) is 2.28. The Morgan fingerprint density at radius 2 is 1.81 bits per heavy atom. The summed E-state index contributed by atoms with van der Waals surface area (Å²) in [5.74, 6) is 1.55. The third-order valence-corrected chi connectivity index (χ3v) is 3.59. The lowest BCUT2D eigenvalue weighted by molar-refractivity contribution is 0.178. The molecule has 0 spiro atoms. The van der Waals surface area contributed by atoms with Crippen LogP contribution in [0, 0.1) is 11.8 Å². The maximum Gasteiger partial charge on any atom is 0.0240 e. The number of rotatable bonds is 8. The molecule has 0 aliphatic heterocycles. The van der Waals surface area contributed by atoms with Gasteiger partial charge in [-0.25, -0.2) is 0 Å². The molecule has 1 N–H and O–H groups in total. The van der Waals surface area contributed by atoms with E-state index in [1.807, 2.05) is 0 Å². The van der Waals surface area contributed by atoms with Crippen LogP contribution in [0.1, 0.15) is 47.0 Å². The molecule has 1 fully saturated rings. The van der Waals surface area contributed by atoms with Crippen molar-refractivity contribution >= 4 is 0 Å². The summed E-state index contributed by atoms with van der Waals surface area (Å²) in [5.41, 5.74) is 0. The Bertz CT molecular complexity index is 185. The summed E-state index contributed by atoms with van der Waals surface area (Å²) in [6.45, 7) is 11.7. The Kier molecular flexibility index (Phi) is 5.77. The average molecular weight is 226 g/mol. The summed E-state index contributed by atoms with van der Waals surface area (Å²) in [6, 6.07) is 1.53. The van der Waals surface area contributed by atoms with Crippen LogP contribution < -0.4 is 5.32 Å². The van der Waals surface area contributed by atoms with Crippen LogP contribution in [0.25, 0.3) is 0 Å². The highest BCUT2D eigenvalue weighted by molar-refractivity contribution is 4.84. The molecule has 1 rings (SSSR count). The lowest BCUT2D eigenvalue weighted by atomic mass is 10.0. The average Bonchev–Trinajstić information content (AvgIpc) is 2.98. The Morgan fingerprint density at radius 3 is 2.25 bits per heavy atom. The van der Waals surface area contributed by atoms with Gasteiger partial charge in [0.05, 0.1) is 0 Å². The molecular formula is C14H30N2. The molecule has 96 valence electrons. The molecule has 1 aliphatic rings. The second-order valence-electron chi connectivity index (χ2n) is 6.16. The molecule has 2 heteroatoms. The number of nitrogens with one attached hydrogen (secondary N) is 1. The van der Waals surface area contributed by atoms with Gasteiger partial charge in [0.2, 0.25) is 0 Å². The van der Waals surface area contributed by atoms with Crippen LogP contribution in [0.15, 0.2) is 0 Å². The Labute approximate surface area is 102 Å². The van der Waals surface area contributed by atoms with E-state index in [4.69, 9.17) is 0 Å². The predicted octanol–water partition coefficient (Wildman–Crippen LogP) is 2.74. The van der Waals surface area contributed by atoms with Crippen LogP contribution in [0.3, 0.4) is 0 Å². The Balaban J connectivity index is 2.28. The fourth-order valence-electron chi connectivity index (χ4n) is 2.10. The van der Waals surface area contributed by atoms with Crippen molar-refractivity contribution in [3.63, 3.8) is 0 Å². The molecule has 0 bridgehead atoms. The molecule has 1 unspecified atom stereocenters. The second-order valence-corrected chi connectivity index (χ2v) is 6.16. The lowest BCUT2D eigenvalue weighted by Gasteiger charge is -2.32. The maximum absolute atomic E-state index is 3.66. The molecule has 2 nitrogen and oxygen atoms in total. The van der Waals surface area contributed by atoms with E-state index in [-0.39, 0.29) is 0 Å². The fraction of sp³-hybridized carbons (Fsp3) is 1.00. The second kappa shape index (κ2) is 6.61. The van der Waals surface area contributed by atoms with E-state index in [2.05, 4.69) is 45.0 Å². The van der Waals surface area contributed by atoms with Gasteiger partial charge >= 0.3 is 0 Å². The largest absolute Gasteiger partial charge is 0.312 e. The third kappa shape index (κ3) is 5.31. The topological polar surface area (TPSA) is 15.3 Å². The molecular weight excluding hydrogens is 196 g/mol. The number of hydrogen-bond acceptors (Lipinski definition) is 2. The zero-order valence-electron chi connectivity index (χ0n) is 11.8. The minimum absolute atomic E-state index is 0.694. The van der Waals surface area contributed by atoms with Gasteiger partial charge in [0.1, 0.15) is 0 Å². The number of likely N-dealkylation sites (N-methyl/N-ethyl adjacent to an activating group) is 1. The van der Waals surface area contributed by atoms with Crippen molar-refractivity contribution in [1.82, 2.24) is 10.2 Å². The van der Waals surface area contributed by atoms with Crippen LogP contribution in [0.4, 0.5) is 0 Å². The van der Waals surface area contributed by atoms with E-state index in [0.29, 0.717) is 6.04 Å². The van der Waals surface area contributed by atoms with Gasteiger partial charge in [0.25, 0.3) is 0 Å². The molecule has 0 aromatic heterocycles. The van der Waals surface area contributed by atoms with Crippen LogP contribution in [-0.4, -0.2) is 37.1 Å². The van der Waals surface area contributed by atoms with E-state index < -0.39 is 0 Å². The van der Waals surface area contributed by atoms with Gasteiger partial charge in [-0.3, -0.25) is 0 Å². The molecule has 1 saturated carbocycles. The number of nitrogens with zero attached hydrogens (tertiary/aromatic N) is 1. The first-order valence-corrected chi connectivity index (χ1v) is 6.94. The Morgan fingerprint density at radius 1 is 1.19 bits per heavy atom. The van der Waals surface area contributed by atoms with Gasteiger partial charge in [-0.15, -0.1) is 0 Å². The summed E-state index contributed by atoms with van der Waals surface area (Å²) < 4.78 is 0. The summed E-state index contributed by atoms with van der Waals surface area (Å²) >= 11 is 0. The van der Waals surface area contributed by atoms with Crippen molar-refractivity contribution < 1.29 is 0 Å². The van der Waals surface area contributed by atoms with Crippen molar-refractivity contribution in [1.29, 1.82) is 0 Å². The monoisotopic (exact) mass is 226 g/mol. The molecule has 0 amide bonds. The highest BCUT2D eigenvalue weighted by Crippen LogP contribution is 2.19. The summed E-state index contributed by atoms with van der Waals surface area (Å²) in [5, 5.41) is 3.66. The van der Waals surface area contributed by atoms with Gasteiger partial charge in [-0.2, -0.15) is 0 Å². The zero-order chi connectivity index (χ0) is 12.1. The molecule has 0 aromatic rings. The molecule has 0 radical (unpaired) electrons. The third-order valence-electron chi connectivity index (χ3n) is 3.59. The van der Waals surface area contributed by atoms with Gasteiger partial charge in [-0.1, -0.05) is 27.7 Å². The molecule has 1 atom stereocenters. The van der Waals surface area contributed by atoms with Crippen LogP contribution in [-0.2, 0) is 0 Å². The predicted molar refractivity (Wildman–Crippen MR) is 71.7 cm³/mol. The van der Waals surface area contributed by atoms with Crippen molar-refractivity contribution in [2.45, 2.75) is 59.0 Å². The fourth-order valence-corrected chi connectivity index (χ4v) is 2.10. The van der Waals surface area contributed by atoms with Gasteiger partial charge in [-0.05, 0) is 44.7 Å². The zero-order valence-corrected chi connectivity index (χ0v) is 11.8. The van der Waals surface area contributed by atoms with Gasteiger partial charge in [0.15, 0.2) is 0 Å². The first-order chi connectivity index (χ1) is 7.50. The minimum atomic E-state index is 0.694. The molecule has 0 aromatic carbocycles. The minimum Gasteiger partial charge on any atom is -0.312 e. The quantitative estimate of drug-likeness (QED) is 0.684. The Hall–Kier alpha value is -0.0800.